The lowest BCUT2D eigenvalue weighted by molar-refractivity contribution is -0.163. The van der Waals surface area contributed by atoms with Gasteiger partial charge in [-0.05, 0) is 31.9 Å². The highest BCUT2D eigenvalue weighted by molar-refractivity contribution is 5.96. The van der Waals surface area contributed by atoms with Crippen LogP contribution in [-0.4, -0.2) is 54.8 Å². The van der Waals surface area contributed by atoms with Gasteiger partial charge in [0.2, 0.25) is 0 Å². The fraction of sp³-hybridized carbons (Fsp3) is 0.474. The van der Waals surface area contributed by atoms with E-state index >= 15 is 0 Å². The first-order chi connectivity index (χ1) is 14.1. The van der Waals surface area contributed by atoms with Crippen LogP contribution in [-0.2, 0) is 19.1 Å². The molecule has 162 valence electrons. The number of hydrogen-bond donors (Lipinski definition) is 1. The Labute approximate surface area is 170 Å². The van der Waals surface area contributed by atoms with Crippen LogP contribution in [0.25, 0.3) is 0 Å². The number of carbonyl (C=O) groups excluding carboxylic acids is 3. The van der Waals surface area contributed by atoms with Crippen molar-refractivity contribution in [2.75, 3.05) is 25.0 Å². The molecule has 0 aliphatic carbocycles. The first-order valence-electron chi connectivity index (χ1n) is 9.09. The molecule has 1 atom stereocenters. The molecule has 2 amide bonds. The second-order valence-corrected chi connectivity index (χ2v) is 6.66. The van der Waals surface area contributed by atoms with E-state index in [0.29, 0.717) is 5.69 Å². The van der Waals surface area contributed by atoms with Gasteiger partial charge in [0.15, 0.2) is 12.7 Å². The van der Waals surface area contributed by atoms with Crippen LogP contribution in [0, 0.1) is 17.2 Å². The summed E-state index contributed by atoms with van der Waals surface area (Å²) in [5, 5.41) is 11.6. The Morgan fingerprint density at radius 2 is 1.90 bits per heavy atom. The van der Waals surface area contributed by atoms with Crippen molar-refractivity contribution < 1.29 is 37.0 Å². The molecule has 2 rings (SSSR count). The fourth-order valence-corrected chi connectivity index (χ4v) is 2.78. The van der Waals surface area contributed by atoms with Gasteiger partial charge in [-0.3, -0.25) is 9.59 Å². The van der Waals surface area contributed by atoms with E-state index in [9.17, 15) is 27.6 Å². The molecule has 30 heavy (non-hydrogen) atoms. The van der Waals surface area contributed by atoms with Gasteiger partial charge in [0.05, 0.1) is 17.2 Å². The molecule has 1 aromatic carbocycles. The number of nitriles is 1. The molecule has 11 heteroatoms. The molecule has 8 nitrogen and oxygen atoms in total. The Hall–Kier alpha value is -3.29. The molecule has 1 fully saturated rings. The number of rotatable bonds is 5. The summed E-state index contributed by atoms with van der Waals surface area (Å²) in [7, 11) is 0. The molecule has 0 aromatic heterocycles. The van der Waals surface area contributed by atoms with Gasteiger partial charge in [0.25, 0.3) is 5.91 Å². The highest BCUT2D eigenvalue weighted by Gasteiger charge is 2.34. The number of halogens is 3. The predicted octanol–water partition coefficient (Wildman–Crippen LogP) is 2.84. The van der Waals surface area contributed by atoms with Gasteiger partial charge in [-0.2, -0.15) is 18.4 Å². The largest absolute Gasteiger partial charge is 0.452 e. The first kappa shape index (κ1) is 23.0. The van der Waals surface area contributed by atoms with Crippen LogP contribution in [0.5, 0.6) is 0 Å². The molecule has 0 radical (unpaired) electrons. The SMILES string of the molecule is C[C@H](OC(=O)C1CCN(C(=O)OCC(F)(F)F)CC1)C(=O)Nc1ccccc1C#N. The normalized spacial score (nSPS) is 15.6. The lowest BCUT2D eigenvalue weighted by Gasteiger charge is -2.30. The zero-order valence-corrected chi connectivity index (χ0v) is 16.1. The maximum atomic E-state index is 12.3. The van der Waals surface area contributed by atoms with Crippen molar-refractivity contribution in [1.82, 2.24) is 4.90 Å². The van der Waals surface area contributed by atoms with Gasteiger partial charge < -0.3 is 19.7 Å². The van der Waals surface area contributed by atoms with E-state index in [2.05, 4.69) is 10.1 Å². The third-order valence-electron chi connectivity index (χ3n) is 4.41. The van der Waals surface area contributed by atoms with E-state index in [0.717, 1.165) is 4.90 Å². The summed E-state index contributed by atoms with van der Waals surface area (Å²) in [5.74, 6) is -1.85. The van der Waals surface area contributed by atoms with E-state index in [1.54, 1.807) is 18.2 Å². The molecular weight excluding hydrogens is 407 g/mol. The van der Waals surface area contributed by atoms with Gasteiger partial charge in [-0.25, -0.2) is 4.79 Å². The first-order valence-corrected chi connectivity index (χ1v) is 9.09. The summed E-state index contributed by atoms with van der Waals surface area (Å²) < 4.78 is 45.7. The maximum Gasteiger partial charge on any atom is 0.422 e. The Kier molecular flexibility index (Phi) is 7.63. The van der Waals surface area contributed by atoms with Crippen LogP contribution < -0.4 is 5.32 Å². The molecule has 1 heterocycles. The Bertz CT molecular complexity index is 829. The highest BCUT2D eigenvalue weighted by atomic mass is 19.4. The summed E-state index contributed by atoms with van der Waals surface area (Å²) in [4.78, 5) is 37.2. The number of nitrogens with zero attached hydrogens (tertiary/aromatic N) is 2. The minimum Gasteiger partial charge on any atom is -0.452 e. The van der Waals surface area contributed by atoms with Gasteiger partial charge in [-0.15, -0.1) is 0 Å². The number of piperidine rings is 1. The van der Waals surface area contributed by atoms with E-state index in [1.807, 2.05) is 6.07 Å². The Balaban J connectivity index is 1.80. The monoisotopic (exact) mass is 427 g/mol. The number of nitrogens with one attached hydrogen (secondary N) is 1. The number of benzene rings is 1. The Morgan fingerprint density at radius 1 is 1.27 bits per heavy atom. The highest BCUT2D eigenvalue weighted by Crippen LogP contribution is 2.22. The topological polar surface area (TPSA) is 109 Å². The van der Waals surface area contributed by atoms with Crippen molar-refractivity contribution in [2.24, 2.45) is 5.92 Å². The third kappa shape index (κ3) is 6.65. The van der Waals surface area contributed by atoms with E-state index < -0.39 is 42.8 Å². The maximum absolute atomic E-state index is 12.3. The molecule has 1 aliphatic heterocycles. The molecule has 1 aliphatic rings. The molecule has 1 saturated heterocycles. The van der Waals surface area contributed by atoms with Crippen LogP contribution in [0.3, 0.4) is 0 Å². The zero-order chi connectivity index (χ0) is 22.3. The smallest absolute Gasteiger partial charge is 0.422 e. The van der Waals surface area contributed by atoms with Gasteiger partial charge in [-0.1, -0.05) is 12.1 Å². The zero-order valence-electron chi connectivity index (χ0n) is 16.1. The quantitative estimate of drug-likeness (QED) is 0.724. The standard InChI is InChI=1S/C19H20F3N3O5/c1-12(16(26)24-15-5-3-2-4-14(15)10-23)30-17(27)13-6-8-25(9-7-13)18(28)29-11-19(20,21)22/h2-5,12-13H,6-9,11H2,1H3,(H,24,26)/t12-/m0/s1. The number of para-hydroxylation sites is 1. The average Bonchev–Trinajstić information content (AvgIpc) is 2.71. The number of alkyl halides is 3. The lowest BCUT2D eigenvalue weighted by Crippen LogP contribution is -2.42. The summed E-state index contributed by atoms with van der Waals surface area (Å²) in [6, 6.07) is 8.28. The van der Waals surface area contributed by atoms with Crippen LogP contribution in [0.1, 0.15) is 25.3 Å². The number of carbonyl (C=O) groups is 3. The molecule has 0 bridgehead atoms. The van der Waals surface area contributed by atoms with Crippen molar-refractivity contribution in [3.63, 3.8) is 0 Å². The Morgan fingerprint density at radius 3 is 2.50 bits per heavy atom. The molecule has 1 N–H and O–H groups in total. The summed E-state index contributed by atoms with van der Waals surface area (Å²) in [5.41, 5.74) is 0.549. The van der Waals surface area contributed by atoms with Crippen LogP contribution >= 0.6 is 0 Å². The van der Waals surface area contributed by atoms with Gasteiger partial charge in [0, 0.05) is 13.1 Å². The van der Waals surface area contributed by atoms with Gasteiger partial charge in [0.1, 0.15) is 6.07 Å². The van der Waals surface area contributed by atoms with Crippen LogP contribution in [0.2, 0.25) is 0 Å². The summed E-state index contributed by atoms with van der Waals surface area (Å²) in [6.45, 7) is -0.222. The van der Waals surface area contributed by atoms with E-state index in [4.69, 9.17) is 10.00 Å². The van der Waals surface area contributed by atoms with Crippen molar-refractivity contribution in [3.05, 3.63) is 29.8 Å². The summed E-state index contributed by atoms with van der Waals surface area (Å²) in [6.07, 6.45) is -6.48. The lowest BCUT2D eigenvalue weighted by atomic mass is 9.97. The van der Waals surface area contributed by atoms with E-state index in [1.165, 1.54) is 13.0 Å². The molecule has 0 saturated carbocycles. The van der Waals surface area contributed by atoms with Crippen molar-refractivity contribution >= 4 is 23.7 Å². The molecule has 0 unspecified atom stereocenters. The number of hydrogen-bond acceptors (Lipinski definition) is 6. The average molecular weight is 427 g/mol. The van der Waals surface area contributed by atoms with Crippen LogP contribution in [0.4, 0.5) is 23.7 Å². The summed E-state index contributed by atoms with van der Waals surface area (Å²) >= 11 is 0. The number of ether oxygens (including phenoxy) is 2. The van der Waals surface area contributed by atoms with Crippen LogP contribution in [0.15, 0.2) is 24.3 Å². The minimum absolute atomic E-state index is 0.0343. The van der Waals surface area contributed by atoms with Crippen molar-refractivity contribution in [2.45, 2.75) is 32.0 Å². The fourth-order valence-electron chi connectivity index (χ4n) is 2.78. The van der Waals surface area contributed by atoms with Gasteiger partial charge >= 0.3 is 18.2 Å². The number of esters is 1. The molecule has 0 spiro atoms. The van der Waals surface area contributed by atoms with Crippen molar-refractivity contribution in [3.8, 4) is 6.07 Å². The molecular formula is C19H20F3N3O5. The van der Waals surface area contributed by atoms with Crippen molar-refractivity contribution in [1.29, 1.82) is 5.26 Å². The van der Waals surface area contributed by atoms with E-state index in [-0.39, 0.29) is 31.5 Å². The second-order valence-electron chi connectivity index (χ2n) is 6.66. The predicted molar refractivity (Wildman–Crippen MR) is 97.0 cm³/mol. The molecule has 1 aromatic rings. The number of anilines is 1. The third-order valence-corrected chi connectivity index (χ3v) is 4.41. The second kappa shape index (κ2) is 9.96. The number of amides is 2. The number of likely N-dealkylation sites (tertiary alicyclic amines) is 1. The minimum atomic E-state index is -4.61.